The summed E-state index contributed by atoms with van der Waals surface area (Å²) in [5.74, 6) is 0.0810. The lowest BCUT2D eigenvalue weighted by atomic mass is 10.0. The van der Waals surface area contributed by atoms with Crippen molar-refractivity contribution in [2.45, 2.75) is 19.9 Å². The van der Waals surface area contributed by atoms with Gasteiger partial charge in [-0.15, -0.1) is 0 Å². The Morgan fingerprint density at radius 2 is 2.17 bits per heavy atom. The van der Waals surface area contributed by atoms with Gasteiger partial charge in [0.2, 0.25) is 0 Å². The molecule has 1 aromatic rings. The summed E-state index contributed by atoms with van der Waals surface area (Å²) in [4.78, 5) is 11.0. The van der Waals surface area contributed by atoms with E-state index in [0.29, 0.717) is 0 Å². The van der Waals surface area contributed by atoms with Gasteiger partial charge in [0.25, 0.3) is 0 Å². The van der Waals surface area contributed by atoms with E-state index < -0.39 is 0 Å². The molecule has 12 heavy (non-hydrogen) atoms. The summed E-state index contributed by atoms with van der Waals surface area (Å²) < 4.78 is 0. The molecular formula is C10H13NO. The van der Waals surface area contributed by atoms with Gasteiger partial charge in [0, 0.05) is 11.6 Å². The quantitative estimate of drug-likeness (QED) is 0.677. The molecule has 2 nitrogen and oxygen atoms in total. The lowest BCUT2D eigenvalue weighted by Gasteiger charge is -2.05. The highest BCUT2D eigenvalue weighted by Gasteiger charge is 2.02. The van der Waals surface area contributed by atoms with Crippen LogP contribution in [0.25, 0.3) is 0 Å². The third kappa shape index (κ3) is 1.92. The van der Waals surface area contributed by atoms with E-state index in [-0.39, 0.29) is 11.8 Å². The van der Waals surface area contributed by atoms with Crippen LogP contribution in [0.4, 0.5) is 0 Å². The van der Waals surface area contributed by atoms with Gasteiger partial charge < -0.3 is 5.73 Å². The average Bonchev–Trinajstić information content (AvgIpc) is 2.04. The smallest absolute Gasteiger partial charge is 0.159 e. The normalized spacial score (nSPS) is 12.6. The zero-order valence-corrected chi connectivity index (χ0v) is 7.37. The van der Waals surface area contributed by atoms with Crippen LogP contribution in [-0.4, -0.2) is 5.78 Å². The van der Waals surface area contributed by atoms with Crippen LogP contribution in [0.15, 0.2) is 24.3 Å². The van der Waals surface area contributed by atoms with E-state index in [0.717, 1.165) is 11.1 Å². The van der Waals surface area contributed by atoms with Gasteiger partial charge in [-0.1, -0.05) is 18.2 Å². The highest BCUT2D eigenvalue weighted by molar-refractivity contribution is 5.94. The maximum Gasteiger partial charge on any atom is 0.159 e. The number of rotatable bonds is 2. The number of carbonyl (C=O) groups excluding carboxylic acids is 1. The predicted octanol–water partition coefficient (Wildman–Crippen LogP) is 1.91. The summed E-state index contributed by atoms with van der Waals surface area (Å²) in [6.07, 6.45) is 0. The summed E-state index contributed by atoms with van der Waals surface area (Å²) in [7, 11) is 0. The van der Waals surface area contributed by atoms with Crippen LogP contribution in [0, 0.1) is 0 Å². The van der Waals surface area contributed by atoms with Gasteiger partial charge in [-0.3, -0.25) is 4.79 Å². The minimum atomic E-state index is -0.00991. The minimum Gasteiger partial charge on any atom is -0.324 e. The van der Waals surface area contributed by atoms with Crippen LogP contribution in [0.5, 0.6) is 0 Å². The van der Waals surface area contributed by atoms with Crippen LogP contribution in [0.3, 0.4) is 0 Å². The molecule has 1 atom stereocenters. The molecule has 0 aliphatic heterocycles. The Balaban J connectivity index is 3.04. The molecule has 0 saturated heterocycles. The summed E-state index contributed by atoms with van der Waals surface area (Å²) in [6.45, 7) is 3.46. The number of hydrogen-bond acceptors (Lipinski definition) is 2. The summed E-state index contributed by atoms with van der Waals surface area (Å²) >= 11 is 0. The molecule has 2 heteroatoms. The van der Waals surface area contributed by atoms with Gasteiger partial charge in [-0.25, -0.2) is 0 Å². The first-order valence-corrected chi connectivity index (χ1v) is 3.97. The van der Waals surface area contributed by atoms with E-state index in [1.54, 1.807) is 13.0 Å². The molecule has 64 valence electrons. The molecule has 2 N–H and O–H groups in total. The second-order valence-corrected chi connectivity index (χ2v) is 2.97. The molecule has 0 radical (unpaired) electrons. The maximum absolute atomic E-state index is 11.0. The Morgan fingerprint density at radius 3 is 2.67 bits per heavy atom. The van der Waals surface area contributed by atoms with Crippen molar-refractivity contribution in [3.8, 4) is 0 Å². The van der Waals surface area contributed by atoms with Crippen molar-refractivity contribution >= 4 is 5.78 Å². The highest BCUT2D eigenvalue weighted by atomic mass is 16.1. The second-order valence-electron chi connectivity index (χ2n) is 2.97. The zero-order valence-electron chi connectivity index (χ0n) is 7.37. The van der Waals surface area contributed by atoms with Gasteiger partial charge in [-0.2, -0.15) is 0 Å². The Morgan fingerprint density at radius 1 is 1.50 bits per heavy atom. The molecule has 0 fully saturated rings. The van der Waals surface area contributed by atoms with Crippen molar-refractivity contribution in [3.05, 3.63) is 35.4 Å². The third-order valence-corrected chi connectivity index (χ3v) is 1.82. The average molecular weight is 163 g/mol. The van der Waals surface area contributed by atoms with Crippen molar-refractivity contribution in [1.29, 1.82) is 0 Å². The fourth-order valence-electron chi connectivity index (χ4n) is 1.04. The van der Waals surface area contributed by atoms with E-state index in [1.807, 2.05) is 25.1 Å². The van der Waals surface area contributed by atoms with Crippen molar-refractivity contribution < 1.29 is 4.79 Å². The van der Waals surface area contributed by atoms with Crippen molar-refractivity contribution in [3.63, 3.8) is 0 Å². The fourth-order valence-corrected chi connectivity index (χ4v) is 1.04. The van der Waals surface area contributed by atoms with Gasteiger partial charge in [-0.05, 0) is 25.5 Å². The third-order valence-electron chi connectivity index (χ3n) is 1.82. The monoisotopic (exact) mass is 163 g/mol. The number of Topliss-reactive ketones (excluding diaryl/α,β-unsaturated/α-hetero) is 1. The van der Waals surface area contributed by atoms with Crippen LogP contribution < -0.4 is 5.73 Å². The van der Waals surface area contributed by atoms with Crippen LogP contribution >= 0.6 is 0 Å². The van der Waals surface area contributed by atoms with E-state index in [9.17, 15) is 4.79 Å². The first kappa shape index (κ1) is 8.94. The van der Waals surface area contributed by atoms with Gasteiger partial charge in [0.1, 0.15) is 0 Å². The first-order chi connectivity index (χ1) is 5.61. The van der Waals surface area contributed by atoms with Gasteiger partial charge >= 0.3 is 0 Å². The zero-order chi connectivity index (χ0) is 9.14. The molecule has 0 amide bonds. The van der Waals surface area contributed by atoms with E-state index in [2.05, 4.69) is 0 Å². The Bertz CT molecular complexity index is 292. The fraction of sp³-hybridized carbons (Fsp3) is 0.300. The number of carbonyl (C=O) groups is 1. The van der Waals surface area contributed by atoms with E-state index >= 15 is 0 Å². The van der Waals surface area contributed by atoms with Gasteiger partial charge in [0.15, 0.2) is 5.78 Å². The van der Waals surface area contributed by atoms with Gasteiger partial charge in [0.05, 0.1) is 0 Å². The molecule has 1 unspecified atom stereocenters. The molecule has 0 aliphatic carbocycles. The number of hydrogen-bond donors (Lipinski definition) is 1. The minimum absolute atomic E-state index is 0.00991. The number of ketones is 1. The molecular weight excluding hydrogens is 150 g/mol. The Kier molecular flexibility index (Phi) is 2.61. The Hall–Kier alpha value is -1.15. The van der Waals surface area contributed by atoms with Crippen molar-refractivity contribution in [2.75, 3.05) is 0 Å². The maximum atomic E-state index is 11.0. The lowest BCUT2D eigenvalue weighted by Crippen LogP contribution is -2.05. The molecule has 1 rings (SSSR count). The highest BCUT2D eigenvalue weighted by Crippen LogP contribution is 2.11. The number of benzene rings is 1. The standard InChI is InChI=1S/C10H13NO/c1-7(11)9-4-3-5-10(6-9)8(2)12/h3-7H,11H2,1-2H3. The summed E-state index contributed by atoms with van der Waals surface area (Å²) in [5.41, 5.74) is 7.40. The molecule has 1 aromatic carbocycles. The van der Waals surface area contributed by atoms with Crippen LogP contribution in [0.1, 0.15) is 35.8 Å². The molecule has 0 saturated carbocycles. The molecule has 0 bridgehead atoms. The van der Waals surface area contributed by atoms with E-state index in [1.165, 1.54) is 0 Å². The first-order valence-electron chi connectivity index (χ1n) is 3.97. The lowest BCUT2D eigenvalue weighted by molar-refractivity contribution is 0.101. The Labute approximate surface area is 72.4 Å². The number of nitrogens with two attached hydrogens (primary N) is 1. The topological polar surface area (TPSA) is 43.1 Å². The van der Waals surface area contributed by atoms with E-state index in [4.69, 9.17) is 5.73 Å². The molecule has 0 aromatic heterocycles. The summed E-state index contributed by atoms with van der Waals surface area (Å²) in [5, 5.41) is 0. The van der Waals surface area contributed by atoms with Crippen molar-refractivity contribution in [1.82, 2.24) is 0 Å². The van der Waals surface area contributed by atoms with Crippen LogP contribution in [0.2, 0.25) is 0 Å². The summed E-state index contributed by atoms with van der Waals surface area (Å²) in [6, 6.07) is 7.41. The van der Waals surface area contributed by atoms with Crippen LogP contribution in [-0.2, 0) is 0 Å². The molecule has 0 spiro atoms. The molecule has 0 aliphatic rings. The molecule has 0 heterocycles. The largest absolute Gasteiger partial charge is 0.324 e. The van der Waals surface area contributed by atoms with Crippen molar-refractivity contribution in [2.24, 2.45) is 5.73 Å². The second kappa shape index (κ2) is 3.50. The predicted molar refractivity (Wildman–Crippen MR) is 49.0 cm³/mol. The SMILES string of the molecule is CC(=O)c1cccc(C(C)N)c1.